The molecule has 3 amide bonds. The zero-order chi connectivity index (χ0) is 21.8. The summed E-state index contributed by atoms with van der Waals surface area (Å²) < 4.78 is 5.14. The number of benzene rings is 1. The molecule has 0 unspecified atom stereocenters. The van der Waals surface area contributed by atoms with Crippen molar-refractivity contribution in [3.05, 3.63) is 70.4 Å². The Balaban J connectivity index is 1.26. The summed E-state index contributed by atoms with van der Waals surface area (Å²) in [4.78, 5) is 54.0. The van der Waals surface area contributed by atoms with Gasteiger partial charge in [0.1, 0.15) is 5.56 Å². The molecule has 9 nitrogen and oxygen atoms in total. The smallest absolute Gasteiger partial charge is 0.289 e. The molecular weight excluding hydrogens is 400 g/mol. The summed E-state index contributed by atoms with van der Waals surface area (Å²) >= 11 is 0. The first-order valence-electron chi connectivity index (χ1n) is 10.0. The highest BCUT2D eigenvalue weighted by molar-refractivity contribution is 5.98. The maximum atomic E-state index is 12.5. The van der Waals surface area contributed by atoms with Gasteiger partial charge < -0.3 is 24.9 Å². The van der Waals surface area contributed by atoms with Crippen LogP contribution in [0.5, 0.6) is 0 Å². The van der Waals surface area contributed by atoms with E-state index in [0.29, 0.717) is 42.6 Å². The molecule has 1 fully saturated rings. The van der Waals surface area contributed by atoms with E-state index in [1.54, 1.807) is 41.3 Å². The molecule has 31 heavy (non-hydrogen) atoms. The lowest BCUT2D eigenvalue weighted by Crippen LogP contribution is -2.48. The lowest BCUT2D eigenvalue weighted by atomic mass is 10.0. The second kappa shape index (κ2) is 8.86. The van der Waals surface area contributed by atoms with Crippen molar-refractivity contribution in [2.24, 2.45) is 0 Å². The van der Waals surface area contributed by atoms with Crippen LogP contribution in [0, 0.1) is 0 Å². The molecule has 2 aromatic heterocycles. The van der Waals surface area contributed by atoms with Crippen LogP contribution in [0.4, 0.5) is 0 Å². The molecule has 0 saturated carbocycles. The fourth-order valence-corrected chi connectivity index (χ4v) is 3.65. The summed E-state index contributed by atoms with van der Waals surface area (Å²) in [5.41, 5.74) is 0.204. The number of likely N-dealkylation sites (tertiary alicyclic amines) is 1. The number of piperidine rings is 1. The fourth-order valence-electron chi connectivity index (χ4n) is 3.65. The second-order valence-electron chi connectivity index (χ2n) is 7.37. The van der Waals surface area contributed by atoms with Crippen LogP contribution >= 0.6 is 0 Å². The third-order valence-electron chi connectivity index (χ3n) is 5.32. The average molecular weight is 422 g/mol. The number of fused-ring (bicyclic) bond motifs is 1. The van der Waals surface area contributed by atoms with Crippen LogP contribution in [0.15, 0.2) is 58.1 Å². The minimum absolute atomic E-state index is 0.0451. The summed E-state index contributed by atoms with van der Waals surface area (Å²) in [6.07, 6.45) is 4.02. The number of aromatic amines is 1. The molecule has 1 aliphatic heterocycles. The topological polar surface area (TPSA) is 125 Å². The van der Waals surface area contributed by atoms with E-state index in [4.69, 9.17) is 4.42 Å². The van der Waals surface area contributed by atoms with Crippen molar-refractivity contribution in [3.8, 4) is 0 Å². The highest BCUT2D eigenvalue weighted by Crippen LogP contribution is 2.14. The van der Waals surface area contributed by atoms with E-state index in [-0.39, 0.29) is 35.4 Å². The molecular formula is C22H22N4O5. The molecule has 1 saturated heterocycles. The van der Waals surface area contributed by atoms with E-state index in [9.17, 15) is 19.2 Å². The molecule has 160 valence electrons. The number of pyridine rings is 1. The number of furan rings is 1. The lowest BCUT2D eigenvalue weighted by Gasteiger charge is -2.31. The predicted molar refractivity (Wildman–Crippen MR) is 113 cm³/mol. The number of H-pyrrole nitrogens is 1. The van der Waals surface area contributed by atoms with Gasteiger partial charge in [-0.25, -0.2) is 0 Å². The Morgan fingerprint density at radius 1 is 1.10 bits per heavy atom. The highest BCUT2D eigenvalue weighted by Gasteiger charge is 2.26. The zero-order valence-corrected chi connectivity index (χ0v) is 16.7. The molecule has 0 aliphatic carbocycles. The molecule has 1 aromatic carbocycles. The normalized spacial score (nSPS) is 14.4. The Morgan fingerprint density at radius 2 is 1.87 bits per heavy atom. The summed E-state index contributed by atoms with van der Waals surface area (Å²) in [7, 11) is 0. The number of hydrogen-bond acceptors (Lipinski definition) is 5. The fraction of sp³-hybridized carbons (Fsp3) is 0.273. The maximum absolute atomic E-state index is 12.5. The van der Waals surface area contributed by atoms with E-state index in [1.807, 2.05) is 0 Å². The van der Waals surface area contributed by atoms with Crippen LogP contribution < -0.4 is 16.1 Å². The standard InChI is InChI=1S/C22H22N4O5/c27-19(25-14-7-9-26(10-8-14)22(30)18-6-3-11-31-18)13-24-21(29)16-12-23-17-5-2-1-4-15(17)20(16)28/h1-6,11-12,14H,7-10,13H2,(H,23,28)(H,24,29)(H,25,27). The Morgan fingerprint density at radius 3 is 2.61 bits per heavy atom. The molecule has 3 heterocycles. The minimum Gasteiger partial charge on any atom is -0.459 e. The molecule has 0 radical (unpaired) electrons. The number of carbonyl (C=O) groups excluding carboxylic acids is 3. The van der Waals surface area contributed by atoms with Gasteiger partial charge >= 0.3 is 0 Å². The summed E-state index contributed by atoms with van der Waals surface area (Å²) in [5.74, 6) is -0.820. The van der Waals surface area contributed by atoms with Crippen LogP contribution in [0.1, 0.15) is 33.8 Å². The highest BCUT2D eigenvalue weighted by atomic mass is 16.3. The number of carbonyl (C=O) groups is 3. The SMILES string of the molecule is O=C(CNC(=O)c1c[nH]c2ccccc2c1=O)NC1CCN(C(=O)c2ccco2)CC1. The molecule has 9 heteroatoms. The van der Waals surface area contributed by atoms with E-state index in [2.05, 4.69) is 15.6 Å². The molecule has 0 spiro atoms. The van der Waals surface area contributed by atoms with Gasteiger partial charge in [0.25, 0.3) is 11.8 Å². The summed E-state index contributed by atoms with van der Waals surface area (Å²) in [6, 6.07) is 10.1. The number of rotatable bonds is 5. The second-order valence-corrected chi connectivity index (χ2v) is 7.37. The third-order valence-corrected chi connectivity index (χ3v) is 5.32. The van der Waals surface area contributed by atoms with E-state index >= 15 is 0 Å². The molecule has 4 rings (SSSR count). The summed E-state index contributed by atoms with van der Waals surface area (Å²) in [5, 5.41) is 5.77. The van der Waals surface area contributed by atoms with Crippen LogP contribution in [-0.4, -0.2) is 53.3 Å². The largest absolute Gasteiger partial charge is 0.459 e. The first-order valence-corrected chi connectivity index (χ1v) is 10.0. The van der Waals surface area contributed by atoms with Gasteiger partial charge in [-0.1, -0.05) is 12.1 Å². The Labute approximate surface area is 177 Å². The number of nitrogens with one attached hydrogen (secondary N) is 3. The average Bonchev–Trinajstić information content (AvgIpc) is 3.33. The van der Waals surface area contributed by atoms with Gasteiger partial charge in [-0.2, -0.15) is 0 Å². The number of aromatic nitrogens is 1. The van der Waals surface area contributed by atoms with Gasteiger partial charge in [0.05, 0.1) is 12.8 Å². The van der Waals surface area contributed by atoms with Gasteiger partial charge in [0.15, 0.2) is 5.76 Å². The van der Waals surface area contributed by atoms with Gasteiger partial charge in [0.2, 0.25) is 11.3 Å². The van der Waals surface area contributed by atoms with Crippen LogP contribution in [0.25, 0.3) is 10.9 Å². The van der Waals surface area contributed by atoms with Gasteiger partial charge in [-0.05, 0) is 37.1 Å². The molecule has 3 aromatic rings. The quantitative estimate of drug-likeness (QED) is 0.571. The number of para-hydroxylation sites is 1. The molecule has 3 N–H and O–H groups in total. The summed E-state index contributed by atoms with van der Waals surface area (Å²) in [6.45, 7) is 0.767. The van der Waals surface area contributed by atoms with Crippen LogP contribution in [0.2, 0.25) is 0 Å². The maximum Gasteiger partial charge on any atom is 0.289 e. The predicted octanol–water partition coefficient (Wildman–Crippen LogP) is 1.27. The van der Waals surface area contributed by atoms with Crippen LogP contribution in [-0.2, 0) is 4.79 Å². The molecule has 0 bridgehead atoms. The Kier molecular flexibility index (Phi) is 5.83. The molecule has 0 atom stereocenters. The van der Waals surface area contributed by atoms with Gasteiger partial charge in [-0.3, -0.25) is 19.2 Å². The molecule has 1 aliphatic rings. The lowest BCUT2D eigenvalue weighted by molar-refractivity contribution is -0.121. The third kappa shape index (κ3) is 4.50. The Hall–Kier alpha value is -3.88. The van der Waals surface area contributed by atoms with E-state index in [1.165, 1.54) is 12.5 Å². The van der Waals surface area contributed by atoms with Crippen molar-refractivity contribution in [2.75, 3.05) is 19.6 Å². The monoisotopic (exact) mass is 422 g/mol. The van der Waals surface area contributed by atoms with E-state index < -0.39 is 5.91 Å². The number of amides is 3. The number of nitrogens with zero attached hydrogens (tertiary/aromatic N) is 1. The number of hydrogen-bond donors (Lipinski definition) is 3. The van der Waals surface area contributed by atoms with Crippen molar-refractivity contribution in [1.82, 2.24) is 20.5 Å². The van der Waals surface area contributed by atoms with Crippen molar-refractivity contribution >= 4 is 28.6 Å². The van der Waals surface area contributed by atoms with Crippen molar-refractivity contribution in [3.63, 3.8) is 0 Å². The first-order chi connectivity index (χ1) is 15.0. The minimum atomic E-state index is -0.610. The van der Waals surface area contributed by atoms with E-state index in [0.717, 1.165) is 0 Å². The zero-order valence-electron chi connectivity index (χ0n) is 16.7. The first kappa shape index (κ1) is 20.4. The van der Waals surface area contributed by atoms with Crippen molar-refractivity contribution in [1.29, 1.82) is 0 Å². The Bertz CT molecular complexity index is 1160. The van der Waals surface area contributed by atoms with Crippen molar-refractivity contribution < 1.29 is 18.8 Å². The van der Waals surface area contributed by atoms with Crippen molar-refractivity contribution in [2.45, 2.75) is 18.9 Å². The van der Waals surface area contributed by atoms with Gasteiger partial charge in [0, 0.05) is 36.2 Å². The van der Waals surface area contributed by atoms with Crippen LogP contribution in [0.3, 0.4) is 0 Å². The van der Waals surface area contributed by atoms with Gasteiger partial charge in [-0.15, -0.1) is 0 Å².